The van der Waals surface area contributed by atoms with E-state index < -0.39 is 5.97 Å². The van der Waals surface area contributed by atoms with Crippen LogP contribution in [-0.2, 0) is 9.59 Å². The van der Waals surface area contributed by atoms with Gasteiger partial charge in [-0.2, -0.15) is 0 Å². The number of carbonyl (C=O) groups excluding carboxylic acids is 1. The second kappa shape index (κ2) is 7.39. The van der Waals surface area contributed by atoms with Gasteiger partial charge >= 0.3 is 5.97 Å². The van der Waals surface area contributed by atoms with Crippen LogP contribution in [0.4, 0.5) is 0 Å². The molecule has 0 aromatic rings. The van der Waals surface area contributed by atoms with E-state index in [4.69, 9.17) is 5.11 Å². The third-order valence-electron chi connectivity index (χ3n) is 9.97. The van der Waals surface area contributed by atoms with Crippen molar-refractivity contribution >= 4 is 27.7 Å². The van der Waals surface area contributed by atoms with Crippen LogP contribution in [0.2, 0.25) is 0 Å². The average molecular weight is 453 g/mol. The summed E-state index contributed by atoms with van der Waals surface area (Å²) in [7, 11) is 0. The van der Waals surface area contributed by atoms with E-state index in [0.717, 1.165) is 18.8 Å². The highest BCUT2D eigenvalue weighted by Gasteiger charge is 2.66. The number of ketones is 1. The maximum atomic E-state index is 13.9. The first-order chi connectivity index (χ1) is 13.2. The van der Waals surface area contributed by atoms with Crippen molar-refractivity contribution in [2.45, 2.75) is 89.8 Å². The van der Waals surface area contributed by atoms with E-state index in [1.807, 2.05) is 0 Å². The summed E-state index contributed by atoms with van der Waals surface area (Å²) in [5, 5.41) is 9.11. The first-order valence-electron chi connectivity index (χ1n) is 11.6. The molecule has 3 nitrogen and oxygen atoms in total. The maximum absolute atomic E-state index is 13.9. The largest absolute Gasteiger partial charge is 0.481 e. The van der Waals surface area contributed by atoms with Gasteiger partial charge in [0.15, 0.2) is 5.78 Å². The molecule has 0 amide bonds. The van der Waals surface area contributed by atoms with Crippen LogP contribution in [0.5, 0.6) is 0 Å². The van der Waals surface area contributed by atoms with E-state index in [-0.39, 0.29) is 16.7 Å². The predicted molar refractivity (Wildman–Crippen MR) is 114 cm³/mol. The lowest BCUT2D eigenvalue weighted by atomic mass is 9.44. The molecule has 0 bridgehead atoms. The molecule has 4 heteroatoms. The number of alkyl halides is 1. The highest BCUT2D eigenvalue weighted by molar-refractivity contribution is 9.10. The number of aliphatic carboxylic acids is 1. The van der Waals surface area contributed by atoms with Crippen molar-refractivity contribution in [3.8, 4) is 0 Å². The van der Waals surface area contributed by atoms with Crippen molar-refractivity contribution in [1.29, 1.82) is 0 Å². The lowest BCUT2D eigenvalue weighted by Crippen LogP contribution is -2.61. The number of hydrogen-bond acceptors (Lipinski definition) is 2. The summed E-state index contributed by atoms with van der Waals surface area (Å²) in [6.07, 6.45) is 11.1. The van der Waals surface area contributed by atoms with Crippen molar-refractivity contribution in [3.63, 3.8) is 0 Å². The molecule has 0 aliphatic heterocycles. The normalized spacial score (nSPS) is 49.1. The van der Waals surface area contributed by atoms with Crippen LogP contribution in [0.15, 0.2) is 0 Å². The standard InChI is InChI=1S/C24H37BrO3/c1-14(7-12-19(26)27)17-10-11-18-16-9-8-15-6-4-5-13-23(15,2)20(16)21(25)22(28)24(17,18)3/h14-18,20-21H,4-13H2,1-3H3,(H,26,27)/t14-,15-,16+,17-,18+,20-,21+,23+,24-/m1/s1. The number of Topliss-reactive ketones (excluding diaryl/α,β-unsaturated/α-hetero) is 1. The van der Waals surface area contributed by atoms with Crippen LogP contribution in [0.3, 0.4) is 0 Å². The number of hydrogen-bond donors (Lipinski definition) is 1. The van der Waals surface area contributed by atoms with E-state index in [1.54, 1.807) is 0 Å². The molecule has 158 valence electrons. The monoisotopic (exact) mass is 452 g/mol. The zero-order valence-corrected chi connectivity index (χ0v) is 19.3. The Morgan fingerprint density at radius 3 is 2.64 bits per heavy atom. The number of carbonyl (C=O) groups is 2. The molecule has 4 aliphatic carbocycles. The fourth-order valence-corrected chi connectivity index (χ4v) is 10.0. The van der Waals surface area contributed by atoms with Crippen LogP contribution in [0.25, 0.3) is 0 Å². The predicted octanol–water partition coefficient (Wildman–Crippen LogP) is 6.09. The van der Waals surface area contributed by atoms with Gasteiger partial charge in [0, 0.05) is 11.8 Å². The van der Waals surface area contributed by atoms with Gasteiger partial charge in [0.1, 0.15) is 0 Å². The molecule has 0 saturated heterocycles. The molecule has 0 aromatic heterocycles. The second-order valence-electron chi connectivity index (χ2n) is 11.0. The Labute approximate surface area is 178 Å². The van der Waals surface area contributed by atoms with Crippen LogP contribution in [0, 0.1) is 46.3 Å². The number of halogens is 1. The van der Waals surface area contributed by atoms with Crippen molar-refractivity contribution < 1.29 is 14.7 Å². The summed E-state index contributed by atoms with van der Waals surface area (Å²) in [5.74, 6) is 2.80. The highest BCUT2D eigenvalue weighted by Crippen LogP contribution is 2.68. The van der Waals surface area contributed by atoms with E-state index in [9.17, 15) is 9.59 Å². The zero-order valence-electron chi connectivity index (χ0n) is 17.8. The number of carboxylic acid groups (broad SMARTS) is 1. The summed E-state index contributed by atoms with van der Waals surface area (Å²) in [6, 6.07) is 0. The molecule has 4 fully saturated rings. The van der Waals surface area contributed by atoms with Gasteiger partial charge in [0.05, 0.1) is 4.83 Å². The molecule has 1 N–H and O–H groups in total. The topological polar surface area (TPSA) is 54.4 Å². The first-order valence-corrected chi connectivity index (χ1v) is 12.5. The van der Waals surface area contributed by atoms with Crippen LogP contribution in [0.1, 0.15) is 85.0 Å². The Morgan fingerprint density at radius 2 is 1.93 bits per heavy atom. The fraction of sp³-hybridized carbons (Fsp3) is 0.917. The summed E-state index contributed by atoms with van der Waals surface area (Å²) in [6.45, 7) is 6.93. The first kappa shape index (κ1) is 20.9. The molecule has 0 spiro atoms. The Morgan fingerprint density at radius 1 is 1.18 bits per heavy atom. The minimum Gasteiger partial charge on any atom is -0.481 e. The minimum atomic E-state index is -0.719. The summed E-state index contributed by atoms with van der Waals surface area (Å²) in [4.78, 5) is 25.0. The fourth-order valence-electron chi connectivity index (χ4n) is 8.55. The van der Waals surface area contributed by atoms with Gasteiger partial charge < -0.3 is 5.11 Å². The Balaban J connectivity index is 1.63. The lowest BCUT2D eigenvalue weighted by molar-refractivity contribution is -0.155. The van der Waals surface area contributed by atoms with Crippen LogP contribution >= 0.6 is 15.9 Å². The minimum absolute atomic E-state index is 0.0167. The molecule has 4 rings (SSSR count). The van der Waals surface area contributed by atoms with Gasteiger partial charge in [0.25, 0.3) is 0 Å². The molecule has 0 aromatic carbocycles. The van der Waals surface area contributed by atoms with Crippen molar-refractivity contribution in [3.05, 3.63) is 0 Å². The number of rotatable bonds is 4. The van der Waals surface area contributed by atoms with Gasteiger partial charge in [-0.05, 0) is 85.9 Å². The Bertz CT molecular complexity index is 648. The summed E-state index contributed by atoms with van der Waals surface area (Å²) < 4.78 is 0. The molecule has 28 heavy (non-hydrogen) atoms. The quantitative estimate of drug-likeness (QED) is 0.524. The van der Waals surface area contributed by atoms with Gasteiger partial charge in [-0.1, -0.05) is 49.5 Å². The molecule has 4 aliphatic rings. The van der Waals surface area contributed by atoms with Gasteiger partial charge in [0.2, 0.25) is 0 Å². The SMILES string of the molecule is C[C@H](CCC(=O)O)[C@H]1CC[C@H]2[C@@H]3CC[C@H]4CCCC[C@]4(C)[C@H]3[C@H](Br)C(=O)[C@]12C. The van der Waals surface area contributed by atoms with Gasteiger partial charge in [-0.3, -0.25) is 9.59 Å². The zero-order chi connectivity index (χ0) is 20.3. The molecule has 0 unspecified atom stereocenters. The summed E-state index contributed by atoms with van der Waals surface area (Å²) >= 11 is 3.96. The summed E-state index contributed by atoms with van der Waals surface area (Å²) in [5.41, 5.74) is 0.0461. The smallest absolute Gasteiger partial charge is 0.303 e. The van der Waals surface area contributed by atoms with E-state index >= 15 is 0 Å². The maximum Gasteiger partial charge on any atom is 0.303 e. The molecule has 4 saturated carbocycles. The highest BCUT2D eigenvalue weighted by atomic mass is 79.9. The van der Waals surface area contributed by atoms with Crippen LogP contribution in [-0.4, -0.2) is 21.7 Å². The molecular formula is C24H37BrO3. The van der Waals surface area contributed by atoms with E-state index in [2.05, 4.69) is 36.7 Å². The lowest BCUT2D eigenvalue weighted by Gasteiger charge is -2.61. The Hall–Kier alpha value is -0.380. The molecule has 0 radical (unpaired) electrons. The molecule has 0 heterocycles. The third kappa shape index (κ3) is 2.94. The number of fused-ring (bicyclic) bond motifs is 5. The molecular weight excluding hydrogens is 416 g/mol. The van der Waals surface area contributed by atoms with Gasteiger partial charge in [-0.15, -0.1) is 0 Å². The molecule has 9 atom stereocenters. The van der Waals surface area contributed by atoms with Crippen molar-refractivity contribution in [1.82, 2.24) is 0 Å². The number of carboxylic acids is 1. The van der Waals surface area contributed by atoms with Crippen molar-refractivity contribution in [2.75, 3.05) is 0 Å². The second-order valence-corrected chi connectivity index (χ2v) is 12.0. The Kier molecular flexibility index (Phi) is 5.51. The van der Waals surface area contributed by atoms with E-state index in [0.29, 0.717) is 47.2 Å². The van der Waals surface area contributed by atoms with E-state index in [1.165, 1.54) is 38.5 Å². The third-order valence-corrected chi connectivity index (χ3v) is 11.0. The van der Waals surface area contributed by atoms with Crippen LogP contribution < -0.4 is 0 Å². The van der Waals surface area contributed by atoms with Crippen molar-refractivity contribution in [2.24, 2.45) is 46.3 Å². The average Bonchev–Trinajstić information content (AvgIpc) is 3.01. The van der Waals surface area contributed by atoms with Gasteiger partial charge in [-0.25, -0.2) is 0 Å².